The van der Waals surface area contributed by atoms with Gasteiger partial charge in [0.2, 0.25) is 5.78 Å². The van der Waals surface area contributed by atoms with Crippen molar-refractivity contribution in [1.29, 1.82) is 0 Å². The van der Waals surface area contributed by atoms with E-state index in [4.69, 9.17) is 28.5 Å². The average molecular weight is 708 g/mol. The topological polar surface area (TPSA) is 194 Å². The van der Waals surface area contributed by atoms with Crippen molar-refractivity contribution < 1.29 is 62.3 Å². The molecular weight excluding hydrogens is 661 g/mol. The number of hydrogen-bond acceptors (Lipinski definition) is 14. The predicted octanol–water partition coefficient (Wildman–Crippen LogP) is 2.76. The first kappa shape index (κ1) is 36.5. The number of esters is 3. The Bertz CT molecular complexity index is 1470. The number of carbonyl (C=O) groups is 4. The highest BCUT2D eigenvalue weighted by Crippen LogP contribution is 2.72. The summed E-state index contributed by atoms with van der Waals surface area (Å²) < 4.78 is 46.3. The van der Waals surface area contributed by atoms with Gasteiger partial charge in [-0.25, -0.2) is 4.39 Å². The van der Waals surface area contributed by atoms with E-state index >= 15 is 4.39 Å². The van der Waals surface area contributed by atoms with Gasteiger partial charge in [-0.2, -0.15) is 0 Å². The second-order valence-corrected chi connectivity index (χ2v) is 14.9. The number of nitrogens with zero attached hydrogens (tertiary/aromatic N) is 1. The maximum atomic E-state index is 18.6. The van der Waals surface area contributed by atoms with Crippen LogP contribution in [0, 0.1) is 33.5 Å². The smallest absolute Gasteiger partial charge is 0.306 e. The molecule has 2 aliphatic heterocycles. The summed E-state index contributed by atoms with van der Waals surface area (Å²) in [5.74, 6) is -4.85. The van der Waals surface area contributed by atoms with Gasteiger partial charge in [-0.05, 0) is 43.9 Å². The van der Waals surface area contributed by atoms with Crippen LogP contribution in [0.3, 0.4) is 0 Å². The van der Waals surface area contributed by atoms with Crippen LogP contribution in [0.25, 0.3) is 0 Å². The van der Waals surface area contributed by atoms with Crippen molar-refractivity contribution in [2.75, 3.05) is 19.8 Å². The Morgan fingerprint density at radius 3 is 2.38 bits per heavy atom. The molecule has 13 atom stereocenters. The number of rotatable bonds is 11. The molecule has 276 valence electrons. The molecule has 50 heavy (non-hydrogen) atoms. The number of halogens is 1. The summed E-state index contributed by atoms with van der Waals surface area (Å²) in [6.45, 7) is 5.82. The summed E-state index contributed by atoms with van der Waals surface area (Å²) in [7, 11) is 0. The molecule has 2 N–H and O–H groups in total. The standard InChI is InChI=1S/C35H46FNO13/c1-5-33-11-10-21(39)13-20(33)6-7-22-23-12-18(2)35(43,26(40)17-45-19(3)38)32(23,4)14-27(34(22,33)36)49-29(42)9-8-28(41)48-24-15-46-31-25(50-37-44)16-47-30(24)31/h10-11,13,18,21-25,27,30-31,39,43H,5-9,12,14-17H2,1-4H3/t18-,21?,22?,23+,24+,25-,27+,30-,31-,32+,33+,34+,35+/m1/s1. The Morgan fingerprint density at radius 2 is 1.72 bits per heavy atom. The maximum Gasteiger partial charge on any atom is 0.306 e. The van der Waals surface area contributed by atoms with Gasteiger partial charge in [0.15, 0.2) is 29.8 Å². The monoisotopic (exact) mass is 707 g/mol. The molecule has 0 aromatic rings. The number of fused-ring (bicyclic) bond motifs is 6. The Kier molecular flexibility index (Phi) is 9.76. The van der Waals surface area contributed by atoms with Crippen molar-refractivity contribution in [1.82, 2.24) is 0 Å². The fourth-order valence-corrected chi connectivity index (χ4v) is 10.4. The molecule has 0 spiro atoms. The van der Waals surface area contributed by atoms with Crippen LogP contribution in [0.15, 0.2) is 29.1 Å². The van der Waals surface area contributed by atoms with Gasteiger partial charge in [0.25, 0.3) is 0 Å². The molecule has 14 nitrogen and oxygen atoms in total. The van der Waals surface area contributed by atoms with Crippen molar-refractivity contribution >= 4 is 23.7 Å². The maximum absolute atomic E-state index is 18.6. The van der Waals surface area contributed by atoms with E-state index in [0.717, 1.165) is 6.92 Å². The lowest BCUT2D eigenvalue weighted by Gasteiger charge is -2.64. The zero-order valence-electron chi connectivity index (χ0n) is 28.7. The van der Waals surface area contributed by atoms with Gasteiger partial charge >= 0.3 is 17.9 Å². The van der Waals surface area contributed by atoms with Crippen molar-refractivity contribution in [2.24, 2.45) is 33.9 Å². The number of hydrogen-bond donors (Lipinski definition) is 2. The summed E-state index contributed by atoms with van der Waals surface area (Å²) in [6, 6.07) is 0. The second kappa shape index (κ2) is 13.4. The number of ketones is 1. The van der Waals surface area contributed by atoms with Crippen molar-refractivity contribution in [3.05, 3.63) is 28.7 Å². The summed E-state index contributed by atoms with van der Waals surface area (Å²) >= 11 is 0. The molecule has 0 radical (unpaired) electrons. The second-order valence-electron chi connectivity index (χ2n) is 14.9. The van der Waals surface area contributed by atoms with E-state index in [-0.39, 0.29) is 19.6 Å². The third kappa shape index (κ3) is 5.50. The first-order valence-corrected chi connectivity index (χ1v) is 17.4. The van der Waals surface area contributed by atoms with Crippen LogP contribution >= 0.6 is 0 Å². The van der Waals surface area contributed by atoms with Gasteiger partial charge in [-0.1, -0.05) is 44.6 Å². The fourth-order valence-electron chi connectivity index (χ4n) is 10.4. The van der Waals surface area contributed by atoms with Gasteiger partial charge in [-0.3, -0.25) is 19.2 Å². The summed E-state index contributed by atoms with van der Waals surface area (Å²) in [4.78, 5) is 66.9. The minimum absolute atomic E-state index is 0.00745. The van der Waals surface area contributed by atoms with E-state index in [1.807, 2.05) is 6.92 Å². The van der Waals surface area contributed by atoms with Crippen molar-refractivity contribution in [3.63, 3.8) is 0 Å². The molecule has 0 aromatic heterocycles. The minimum Gasteiger partial charge on any atom is -0.459 e. The Balaban J connectivity index is 1.24. The molecule has 6 rings (SSSR count). The van der Waals surface area contributed by atoms with Crippen LogP contribution in [0.4, 0.5) is 4.39 Å². The molecule has 2 saturated heterocycles. The van der Waals surface area contributed by atoms with Gasteiger partial charge in [0.05, 0.1) is 32.2 Å². The zero-order chi connectivity index (χ0) is 36.2. The van der Waals surface area contributed by atoms with Gasteiger partial charge < -0.3 is 38.7 Å². The quantitative estimate of drug-likeness (QED) is 0.105. The van der Waals surface area contributed by atoms with E-state index in [2.05, 4.69) is 5.34 Å². The van der Waals surface area contributed by atoms with Crippen LogP contribution in [-0.2, 0) is 47.7 Å². The van der Waals surface area contributed by atoms with E-state index in [1.54, 1.807) is 26.0 Å². The van der Waals surface area contributed by atoms with E-state index < -0.39 is 120 Å². The van der Waals surface area contributed by atoms with Gasteiger partial charge in [-0.15, -0.1) is 4.91 Å². The zero-order valence-corrected chi connectivity index (χ0v) is 28.7. The van der Waals surface area contributed by atoms with Crippen LogP contribution in [-0.4, -0.2) is 102 Å². The molecule has 6 aliphatic rings. The number of ether oxygens (including phenoxy) is 5. The molecule has 3 saturated carbocycles. The van der Waals surface area contributed by atoms with Crippen LogP contribution in [0.1, 0.15) is 72.6 Å². The van der Waals surface area contributed by atoms with Crippen molar-refractivity contribution in [2.45, 2.75) is 121 Å². The lowest BCUT2D eigenvalue weighted by molar-refractivity contribution is -0.233. The van der Waals surface area contributed by atoms with E-state index in [1.165, 1.54) is 6.08 Å². The molecule has 0 amide bonds. The third-order valence-corrected chi connectivity index (χ3v) is 12.7. The molecule has 2 heterocycles. The highest BCUT2D eigenvalue weighted by Gasteiger charge is 2.77. The number of aliphatic hydroxyl groups is 2. The Labute approximate surface area is 288 Å². The highest BCUT2D eigenvalue weighted by atomic mass is 19.1. The molecular formula is C35H46FNO13. The molecule has 0 bridgehead atoms. The van der Waals surface area contributed by atoms with E-state index in [0.29, 0.717) is 31.3 Å². The number of alkyl halides is 1. The van der Waals surface area contributed by atoms with Gasteiger partial charge in [0, 0.05) is 23.7 Å². The van der Waals surface area contributed by atoms with Gasteiger partial charge in [0.1, 0.15) is 23.9 Å². The fraction of sp³-hybridized carbons (Fsp3) is 0.771. The number of carbonyl (C=O) groups excluding carboxylic acids is 4. The number of aliphatic hydroxyl groups excluding tert-OH is 1. The lowest BCUT2D eigenvalue weighted by atomic mass is 9.43. The van der Waals surface area contributed by atoms with Crippen molar-refractivity contribution in [3.8, 4) is 0 Å². The van der Waals surface area contributed by atoms with Crippen LogP contribution < -0.4 is 0 Å². The summed E-state index contributed by atoms with van der Waals surface area (Å²) in [5, 5.41) is 25.1. The first-order chi connectivity index (χ1) is 23.7. The number of allylic oxidation sites excluding steroid dienone is 2. The largest absolute Gasteiger partial charge is 0.459 e. The molecule has 4 aliphatic carbocycles. The Morgan fingerprint density at radius 1 is 1.06 bits per heavy atom. The molecule has 0 aromatic carbocycles. The van der Waals surface area contributed by atoms with Crippen LogP contribution in [0.5, 0.6) is 0 Å². The molecule has 5 fully saturated rings. The minimum atomic E-state index is -2.18. The molecule has 2 unspecified atom stereocenters. The molecule has 15 heteroatoms. The summed E-state index contributed by atoms with van der Waals surface area (Å²) in [5.41, 5.74) is -5.97. The first-order valence-electron chi connectivity index (χ1n) is 17.4. The normalized spacial score (nSPS) is 44.1. The summed E-state index contributed by atoms with van der Waals surface area (Å²) in [6.07, 6.45) is 0.0421. The Hall–Kier alpha value is -3.27. The third-order valence-electron chi connectivity index (χ3n) is 12.7. The SMILES string of the molecule is CC[C@]12C=CC(O)C=C1CCC1[C@@H]3C[C@@H](C)[C@](O)(C(=O)COC(C)=O)[C@@]3(C)C[C@H](OC(=O)CCC(=O)O[C@H]3CO[C@H]4[C@@H]3OC[C@H]4ON=O)[C@@]12F. The lowest BCUT2D eigenvalue weighted by Crippen LogP contribution is -2.70. The average Bonchev–Trinajstić information content (AvgIpc) is 3.72. The highest BCUT2D eigenvalue weighted by molar-refractivity contribution is 5.91. The number of Topliss-reactive ketones (excluding diaryl/α,β-unsaturated/α-hetero) is 1. The van der Waals surface area contributed by atoms with Crippen LogP contribution in [0.2, 0.25) is 0 Å². The van der Waals surface area contributed by atoms with E-state index in [9.17, 15) is 34.3 Å². The predicted molar refractivity (Wildman–Crippen MR) is 168 cm³/mol.